The van der Waals surface area contributed by atoms with Gasteiger partial charge in [-0.1, -0.05) is 0 Å². The summed E-state index contributed by atoms with van der Waals surface area (Å²) in [6, 6.07) is 3.44. The molecule has 0 aliphatic carbocycles. The first-order valence-corrected chi connectivity index (χ1v) is 4.65. The Labute approximate surface area is 74.8 Å². The minimum Gasteiger partial charge on any atom is -0.282 e. The topological polar surface area (TPSA) is 30.0 Å². The average molecular weight is 185 g/mol. The Hall–Kier alpha value is -0.480. The molecule has 0 N–H and O–H groups in total. The predicted molar refractivity (Wildman–Crippen MR) is 49.3 cm³/mol. The standard InChI is InChI=1S/C7H7NOS2/c1-11-6-5(7(9)10)3-2-4-8-6/h2-4H,1H3,(H,9,10). The summed E-state index contributed by atoms with van der Waals surface area (Å²) in [5.41, 5.74) is 0.573. The number of rotatable bonds is 2. The Bertz CT molecular complexity index is 275. The molecule has 0 unspecified atom stereocenters. The molecule has 4 heteroatoms. The molecular formula is C7H7NOS2. The lowest BCUT2D eigenvalue weighted by molar-refractivity contribution is 0.108. The van der Waals surface area contributed by atoms with Crippen molar-refractivity contribution in [2.75, 3.05) is 6.26 Å². The highest BCUT2D eigenvalue weighted by Crippen LogP contribution is 2.17. The van der Waals surface area contributed by atoms with Crippen LogP contribution in [0.5, 0.6) is 0 Å². The molecule has 0 amide bonds. The van der Waals surface area contributed by atoms with Crippen LogP contribution in [0.4, 0.5) is 0 Å². The van der Waals surface area contributed by atoms with Crippen molar-refractivity contribution < 1.29 is 4.79 Å². The fourth-order valence-electron chi connectivity index (χ4n) is 0.716. The average Bonchev–Trinajstić information content (AvgIpc) is 2.04. The molecule has 0 fully saturated rings. The lowest BCUT2D eigenvalue weighted by atomic mass is 10.3. The summed E-state index contributed by atoms with van der Waals surface area (Å²) < 4.78 is 0. The number of carbonyl (C=O) groups is 1. The number of pyridine rings is 1. The van der Waals surface area contributed by atoms with Crippen LogP contribution in [0.15, 0.2) is 23.4 Å². The van der Waals surface area contributed by atoms with E-state index < -0.39 is 0 Å². The molecule has 58 valence electrons. The molecule has 2 nitrogen and oxygen atoms in total. The van der Waals surface area contributed by atoms with E-state index in [1.54, 1.807) is 18.3 Å². The van der Waals surface area contributed by atoms with Gasteiger partial charge >= 0.3 is 0 Å². The number of aromatic nitrogens is 1. The zero-order valence-electron chi connectivity index (χ0n) is 5.94. The normalized spacial score (nSPS) is 9.64. The highest BCUT2D eigenvalue weighted by Gasteiger charge is 2.05. The van der Waals surface area contributed by atoms with Crippen molar-refractivity contribution >= 4 is 29.5 Å². The summed E-state index contributed by atoms with van der Waals surface area (Å²) in [6.45, 7) is 0. The van der Waals surface area contributed by atoms with Crippen LogP contribution < -0.4 is 0 Å². The van der Waals surface area contributed by atoms with E-state index >= 15 is 0 Å². The van der Waals surface area contributed by atoms with Crippen LogP contribution in [0, 0.1) is 0 Å². The van der Waals surface area contributed by atoms with Gasteiger partial charge in [-0.15, -0.1) is 24.4 Å². The van der Waals surface area contributed by atoms with Crippen molar-refractivity contribution in [1.82, 2.24) is 4.98 Å². The van der Waals surface area contributed by atoms with Crippen molar-refractivity contribution in [1.29, 1.82) is 0 Å². The third-order valence-corrected chi connectivity index (χ3v) is 2.15. The van der Waals surface area contributed by atoms with Crippen LogP contribution >= 0.6 is 24.4 Å². The summed E-state index contributed by atoms with van der Waals surface area (Å²) in [6.07, 6.45) is 3.54. The van der Waals surface area contributed by atoms with E-state index in [9.17, 15) is 4.79 Å². The monoisotopic (exact) mass is 185 g/mol. The van der Waals surface area contributed by atoms with Gasteiger partial charge < -0.3 is 0 Å². The molecule has 0 bridgehead atoms. The van der Waals surface area contributed by atoms with Gasteiger partial charge in [0.25, 0.3) is 0 Å². The number of thiol groups is 1. The SMILES string of the molecule is CSc1ncccc1C(=O)S. The Morgan fingerprint density at radius 2 is 2.45 bits per heavy atom. The first-order chi connectivity index (χ1) is 5.25. The summed E-state index contributed by atoms with van der Waals surface area (Å²) in [4.78, 5) is 14.8. The molecule has 0 saturated carbocycles. The molecule has 0 saturated heterocycles. The Morgan fingerprint density at radius 3 is 2.91 bits per heavy atom. The summed E-state index contributed by atoms with van der Waals surface area (Å²) in [5.74, 6) is 0. The first kappa shape index (κ1) is 8.62. The number of carbonyl (C=O) groups excluding carboxylic acids is 1. The van der Waals surface area contributed by atoms with E-state index in [0.717, 1.165) is 5.03 Å². The maximum absolute atomic E-state index is 10.8. The second-order valence-electron chi connectivity index (χ2n) is 1.87. The second kappa shape index (κ2) is 3.78. The maximum Gasteiger partial charge on any atom is 0.219 e. The van der Waals surface area contributed by atoms with Crippen molar-refractivity contribution in [3.05, 3.63) is 23.9 Å². The van der Waals surface area contributed by atoms with E-state index in [4.69, 9.17) is 0 Å². The Balaban J connectivity index is 3.12. The molecule has 1 aromatic heterocycles. The first-order valence-electron chi connectivity index (χ1n) is 2.98. The largest absolute Gasteiger partial charge is 0.282 e. The van der Waals surface area contributed by atoms with Crippen LogP contribution in [0.3, 0.4) is 0 Å². The van der Waals surface area contributed by atoms with Gasteiger partial charge in [-0.25, -0.2) is 4.98 Å². The molecule has 0 aliphatic rings. The lowest BCUT2D eigenvalue weighted by Crippen LogP contribution is -1.93. The summed E-state index contributed by atoms with van der Waals surface area (Å²) >= 11 is 5.16. The zero-order chi connectivity index (χ0) is 8.27. The number of nitrogens with zero attached hydrogens (tertiary/aromatic N) is 1. The number of thioether (sulfide) groups is 1. The molecule has 0 spiro atoms. The highest BCUT2D eigenvalue weighted by atomic mass is 32.2. The number of hydrogen-bond acceptors (Lipinski definition) is 3. The van der Waals surface area contributed by atoms with Gasteiger partial charge in [0.05, 0.1) is 5.56 Å². The molecule has 11 heavy (non-hydrogen) atoms. The van der Waals surface area contributed by atoms with E-state index in [1.165, 1.54) is 11.8 Å². The molecule has 1 aromatic rings. The molecular weight excluding hydrogens is 178 g/mol. The smallest absolute Gasteiger partial charge is 0.219 e. The van der Waals surface area contributed by atoms with Crippen molar-refractivity contribution in [3.8, 4) is 0 Å². The van der Waals surface area contributed by atoms with Gasteiger partial charge in [0, 0.05) is 6.20 Å². The molecule has 0 radical (unpaired) electrons. The molecule has 1 heterocycles. The van der Waals surface area contributed by atoms with Crippen LogP contribution in [-0.2, 0) is 0 Å². The number of hydrogen-bond donors (Lipinski definition) is 1. The highest BCUT2D eigenvalue weighted by molar-refractivity contribution is 7.99. The van der Waals surface area contributed by atoms with Crippen molar-refractivity contribution in [2.24, 2.45) is 0 Å². The molecule has 0 aromatic carbocycles. The van der Waals surface area contributed by atoms with Gasteiger partial charge in [-0.2, -0.15) is 0 Å². The van der Waals surface area contributed by atoms with Crippen LogP contribution in [-0.4, -0.2) is 16.4 Å². The second-order valence-corrected chi connectivity index (χ2v) is 3.07. The van der Waals surface area contributed by atoms with E-state index in [1.807, 2.05) is 6.26 Å². The Morgan fingerprint density at radius 1 is 1.73 bits per heavy atom. The molecule has 0 atom stereocenters. The van der Waals surface area contributed by atoms with Crippen LogP contribution in [0.1, 0.15) is 10.4 Å². The fourth-order valence-corrected chi connectivity index (χ4v) is 1.52. The van der Waals surface area contributed by atoms with Gasteiger partial charge in [0.15, 0.2) is 0 Å². The van der Waals surface area contributed by atoms with E-state index in [-0.39, 0.29) is 5.12 Å². The summed E-state index contributed by atoms with van der Waals surface area (Å²) in [7, 11) is 0. The lowest BCUT2D eigenvalue weighted by Gasteiger charge is -1.99. The minimum absolute atomic E-state index is 0.234. The van der Waals surface area contributed by atoms with Gasteiger partial charge in [0.1, 0.15) is 5.03 Å². The van der Waals surface area contributed by atoms with Crippen LogP contribution in [0.2, 0.25) is 0 Å². The van der Waals surface area contributed by atoms with Gasteiger partial charge in [0.2, 0.25) is 5.12 Å². The van der Waals surface area contributed by atoms with E-state index in [0.29, 0.717) is 5.56 Å². The van der Waals surface area contributed by atoms with Crippen LogP contribution in [0.25, 0.3) is 0 Å². The third-order valence-electron chi connectivity index (χ3n) is 1.19. The zero-order valence-corrected chi connectivity index (χ0v) is 7.65. The third kappa shape index (κ3) is 1.97. The van der Waals surface area contributed by atoms with Gasteiger partial charge in [-0.05, 0) is 18.4 Å². The van der Waals surface area contributed by atoms with E-state index in [2.05, 4.69) is 17.6 Å². The fraction of sp³-hybridized carbons (Fsp3) is 0.143. The van der Waals surface area contributed by atoms with Gasteiger partial charge in [-0.3, -0.25) is 4.79 Å². The maximum atomic E-state index is 10.8. The minimum atomic E-state index is -0.234. The predicted octanol–water partition coefficient (Wildman–Crippen LogP) is 1.87. The quantitative estimate of drug-likeness (QED) is 0.563. The van der Waals surface area contributed by atoms with Crippen molar-refractivity contribution in [2.45, 2.75) is 5.03 Å². The molecule has 1 rings (SSSR count). The molecule has 0 aliphatic heterocycles. The summed E-state index contributed by atoms with van der Waals surface area (Å²) in [5, 5.41) is 0.495. The Kier molecular flexibility index (Phi) is 2.96. The van der Waals surface area contributed by atoms with Crippen molar-refractivity contribution in [3.63, 3.8) is 0 Å².